The van der Waals surface area contributed by atoms with E-state index < -0.39 is 10.0 Å². The normalized spacial score (nSPS) is 25.5. The van der Waals surface area contributed by atoms with E-state index in [1.165, 1.54) is 11.1 Å². The second kappa shape index (κ2) is 10.2. The van der Waals surface area contributed by atoms with Crippen LogP contribution >= 0.6 is 22.9 Å². The Balaban J connectivity index is 1.21. The lowest BCUT2D eigenvalue weighted by Gasteiger charge is -2.26. The van der Waals surface area contributed by atoms with Crippen LogP contribution in [-0.4, -0.2) is 58.8 Å². The maximum Gasteiger partial charge on any atom is 0.250 e. The zero-order valence-electron chi connectivity index (χ0n) is 18.7. The van der Waals surface area contributed by atoms with Crippen molar-refractivity contribution in [2.24, 2.45) is 11.8 Å². The predicted octanol–water partition coefficient (Wildman–Crippen LogP) is 3.97. The van der Waals surface area contributed by atoms with Gasteiger partial charge in [0.25, 0.3) is 0 Å². The number of fused-ring (bicyclic) bond motifs is 3. The molecule has 2 aliphatic carbocycles. The van der Waals surface area contributed by atoms with Crippen molar-refractivity contribution < 1.29 is 17.9 Å². The summed E-state index contributed by atoms with van der Waals surface area (Å²) in [5.41, 5.74) is 2.63. The number of rotatable bonds is 8. The third-order valence-corrected chi connectivity index (χ3v) is 10.3. The van der Waals surface area contributed by atoms with Gasteiger partial charge in [-0.25, -0.2) is 13.1 Å². The number of morpholine rings is 1. The van der Waals surface area contributed by atoms with E-state index >= 15 is 0 Å². The van der Waals surface area contributed by atoms with Gasteiger partial charge in [-0.05, 0) is 79.3 Å². The quantitative estimate of drug-likeness (QED) is 0.544. The van der Waals surface area contributed by atoms with Gasteiger partial charge >= 0.3 is 0 Å². The topological polar surface area (TPSA) is 67.9 Å². The minimum atomic E-state index is -3.55. The summed E-state index contributed by atoms with van der Waals surface area (Å²) >= 11 is 7.08. The Bertz CT molecular complexity index is 1070. The Kier molecular flexibility index (Phi) is 7.30. The molecule has 2 fully saturated rings. The van der Waals surface area contributed by atoms with Crippen LogP contribution in [0.15, 0.2) is 34.5 Å². The van der Waals surface area contributed by atoms with Crippen molar-refractivity contribution in [3.8, 4) is 5.75 Å². The van der Waals surface area contributed by atoms with Crippen LogP contribution in [0.3, 0.4) is 0 Å². The van der Waals surface area contributed by atoms with Gasteiger partial charge in [0, 0.05) is 25.7 Å². The van der Waals surface area contributed by atoms with Crippen LogP contribution in [0.2, 0.25) is 4.34 Å². The second-order valence-corrected chi connectivity index (χ2v) is 13.0. The van der Waals surface area contributed by atoms with Gasteiger partial charge in [-0.2, -0.15) is 0 Å². The van der Waals surface area contributed by atoms with Gasteiger partial charge in [-0.3, -0.25) is 4.90 Å². The van der Waals surface area contributed by atoms with Crippen LogP contribution in [-0.2, 0) is 27.6 Å². The summed E-state index contributed by atoms with van der Waals surface area (Å²) in [5.74, 6) is 1.54. The van der Waals surface area contributed by atoms with Crippen molar-refractivity contribution in [1.29, 1.82) is 0 Å². The monoisotopic (exact) mass is 510 g/mol. The molecule has 6 nitrogen and oxygen atoms in total. The second-order valence-electron chi connectivity index (χ2n) is 9.30. The number of nitrogens with zero attached hydrogens (tertiary/aromatic N) is 1. The number of halogens is 1. The van der Waals surface area contributed by atoms with Gasteiger partial charge in [-0.1, -0.05) is 17.7 Å². The van der Waals surface area contributed by atoms with Gasteiger partial charge in [0.05, 0.1) is 24.2 Å². The molecule has 2 heterocycles. The van der Waals surface area contributed by atoms with E-state index in [1.807, 2.05) is 0 Å². The smallest absolute Gasteiger partial charge is 0.250 e. The van der Waals surface area contributed by atoms with Crippen molar-refractivity contribution in [3.63, 3.8) is 0 Å². The Morgan fingerprint density at radius 2 is 1.85 bits per heavy atom. The number of thiophene rings is 1. The van der Waals surface area contributed by atoms with E-state index in [2.05, 4.69) is 27.8 Å². The first-order chi connectivity index (χ1) is 16.0. The van der Waals surface area contributed by atoms with E-state index in [0.717, 1.165) is 82.0 Å². The highest BCUT2D eigenvalue weighted by molar-refractivity contribution is 7.91. The fourth-order valence-electron chi connectivity index (χ4n) is 5.45. The molecule has 1 saturated carbocycles. The molecule has 3 unspecified atom stereocenters. The zero-order valence-corrected chi connectivity index (χ0v) is 21.1. The van der Waals surface area contributed by atoms with Crippen molar-refractivity contribution >= 4 is 33.0 Å². The fourth-order valence-corrected chi connectivity index (χ4v) is 8.32. The summed E-state index contributed by atoms with van der Waals surface area (Å²) in [6.45, 7) is 5.40. The molecule has 1 saturated heterocycles. The largest absolute Gasteiger partial charge is 0.494 e. The van der Waals surface area contributed by atoms with Crippen LogP contribution in [0.5, 0.6) is 5.75 Å². The molecule has 0 spiro atoms. The molecule has 9 heteroatoms. The lowest BCUT2D eigenvalue weighted by Crippen LogP contribution is -2.41. The predicted molar refractivity (Wildman–Crippen MR) is 131 cm³/mol. The third kappa shape index (κ3) is 5.57. The average molecular weight is 511 g/mol. The van der Waals surface area contributed by atoms with Crippen molar-refractivity contribution in [1.82, 2.24) is 9.62 Å². The van der Waals surface area contributed by atoms with Gasteiger partial charge in [0.15, 0.2) is 0 Å². The molecule has 1 N–H and O–H groups in total. The molecule has 2 aromatic rings. The van der Waals surface area contributed by atoms with Crippen molar-refractivity contribution in [2.45, 2.75) is 42.4 Å². The van der Waals surface area contributed by atoms with Gasteiger partial charge in [-0.15, -0.1) is 11.3 Å². The molecule has 2 bridgehead atoms. The molecule has 33 heavy (non-hydrogen) atoms. The van der Waals surface area contributed by atoms with E-state index in [0.29, 0.717) is 27.0 Å². The zero-order chi connectivity index (χ0) is 22.8. The average Bonchev–Trinajstić information content (AvgIpc) is 3.35. The van der Waals surface area contributed by atoms with Gasteiger partial charge < -0.3 is 9.47 Å². The Labute approximate surface area is 205 Å². The van der Waals surface area contributed by atoms with E-state index in [-0.39, 0.29) is 6.04 Å². The highest BCUT2D eigenvalue weighted by Gasteiger charge is 2.41. The van der Waals surface area contributed by atoms with Crippen LogP contribution in [0.4, 0.5) is 0 Å². The summed E-state index contributed by atoms with van der Waals surface area (Å²) in [4.78, 5) is 2.42. The third-order valence-electron chi connectivity index (χ3n) is 7.16. The van der Waals surface area contributed by atoms with Crippen LogP contribution in [0.1, 0.15) is 30.4 Å². The maximum absolute atomic E-state index is 12.9. The lowest BCUT2D eigenvalue weighted by atomic mass is 9.93. The van der Waals surface area contributed by atoms with Crippen molar-refractivity contribution in [3.05, 3.63) is 45.8 Å². The summed E-state index contributed by atoms with van der Waals surface area (Å²) in [5, 5.41) is 0. The Morgan fingerprint density at radius 3 is 2.58 bits per heavy atom. The van der Waals surface area contributed by atoms with Gasteiger partial charge in [0.2, 0.25) is 10.0 Å². The molecule has 3 atom stereocenters. The molecule has 1 aromatic heterocycles. The highest BCUT2D eigenvalue weighted by atomic mass is 35.5. The summed E-state index contributed by atoms with van der Waals surface area (Å²) in [6.07, 6.45) is 4.89. The minimum Gasteiger partial charge on any atom is -0.494 e. The first-order valence-corrected chi connectivity index (χ1v) is 14.5. The van der Waals surface area contributed by atoms with Crippen LogP contribution in [0, 0.1) is 11.8 Å². The first-order valence-electron chi connectivity index (χ1n) is 11.8. The molecule has 1 aromatic carbocycles. The van der Waals surface area contributed by atoms with Crippen molar-refractivity contribution in [2.75, 3.05) is 39.5 Å². The number of ether oxygens (including phenoxy) is 2. The summed E-state index contributed by atoms with van der Waals surface area (Å²) in [6, 6.07) is 9.61. The lowest BCUT2D eigenvalue weighted by molar-refractivity contribution is 0.0358. The molecule has 0 amide bonds. The molecular formula is C24H31ClN2O4S2. The number of hydrogen-bond donors (Lipinski definition) is 1. The highest BCUT2D eigenvalue weighted by Crippen LogP contribution is 2.41. The standard InChI is InChI=1S/C24H31ClN2O4S2/c25-22-6-7-23(32-22)33(28,29)26-24-18-2-3-19(24)15-20-16-21(5-4-17(20)14-18)31-11-1-8-27-9-12-30-13-10-27/h4-7,16,18-19,24,26H,1-3,8-15H2. The van der Waals surface area contributed by atoms with E-state index in [1.54, 1.807) is 12.1 Å². The number of sulfonamides is 1. The molecule has 3 aliphatic rings. The molecule has 5 rings (SSSR count). The van der Waals surface area contributed by atoms with Gasteiger partial charge in [0.1, 0.15) is 9.96 Å². The Morgan fingerprint density at radius 1 is 1.09 bits per heavy atom. The SMILES string of the molecule is O=S(=O)(NC1C2CCC1Cc1cc(OCCCN3CCOCC3)ccc1C2)c1ccc(Cl)s1. The molecule has 180 valence electrons. The van der Waals surface area contributed by atoms with E-state index in [4.69, 9.17) is 21.1 Å². The summed E-state index contributed by atoms with van der Waals surface area (Å²) in [7, 11) is -3.55. The number of hydrogen-bond acceptors (Lipinski definition) is 6. The molecular weight excluding hydrogens is 480 g/mol. The number of nitrogens with one attached hydrogen (secondary N) is 1. The summed E-state index contributed by atoms with van der Waals surface area (Å²) < 4.78 is 41.2. The first kappa shape index (κ1) is 23.6. The molecule has 1 aliphatic heterocycles. The van der Waals surface area contributed by atoms with E-state index in [9.17, 15) is 8.42 Å². The minimum absolute atomic E-state index is 0.0406. The van der Waals surface area contributed by atoms with Crippen LogP contribution < -0.4 is 9.46 Å². The molecule has 0 radical (unpaired) electrons. The van der Waals surface area contributed by atoms with Crippen LogP contribution in [0.25, 0.3) is 0 Å². The Hall–Kier alpha value is -1.16. The number of benzene rings is 1. The fraction of sp³-hybridized carbons (Fsp3) is 0.583. The maximum atomic E-state index is 12.9.